The van der Waals surface area contributed by atoms with Crippen LogP contribution in [0.25, 0.3) is 0 Å². The van der Waals surface area contributed by atoms with Crippen LogP contribution in [0, 0.1) is 5.92 Å². The van der Waals surface area contributed by atoms with Gasteiger partial charge in [0.2, 0.25) is 5.91 Å². The van der Waals surface area contributed by atoms with Crippen LogP contribution in [-0.2, 0) is 27.2 Å². The molecule has 1 aromatic heterocycles. The molecule has 0 aliphatic heterocycles. The molecule has 0 spiro atoms. The first kappa shape index (κ1) is 16.2. The fraction of sp³-hybridized carbons (Fsp3) is 0.400. The van der Waals surface area contributed by atoms with Crippen LogP contribution in [0.15, 0.2) is 12.2 Å². The van der Waals surface area contributed by atoms with Gasteiger partial charge < -0.3 is 15.2 Å². The highest BCUT2D eigenvalue weighted by Gasteiger charge is 2.28. The number of amides is 1. The van der Waals surface area contributed by atoms with Crippen molar-refractivity contribution in [1.82, 2.24) is 0 Å². The number of hydrogen-bond acceptors (Lipinski definition) is 5. The molecule has 1 aromatic rings. The number of fused-ring (bicyclic) bond motifs is 1. The van der Waals surface area contributed by atoms with E-state index in [1.165, 1.54) is 18.4 Å². The molecule has 118 valence electrons. The second-order valence-electron chi connectivity index (χ2n) is 5.21. The van der Waals surface area contributed by atoms with Crippen LogP contribution in [0.2, 0.25) is 0 Å². The Morgan fingerprint density at radius 1 is 1.36 bits per heavy atom. The molecule has 1 amide bonds. The Labute approximate surface area is 131 Å². The van der Waals surface area contributed by atoms with Gasteiger partial charge in [-0.1, -0.05) is 6.92 Å². The van der Waals surface area contributed by atoms with Gasteiger partial charge in [0.1, 0.15) is 5.00 Å². The Hall–Kier alpha value is -2.15. The largest absolute Gasteiger partial charge is 0.478 e. The molecule has 0 saturated heterocycles. The van der Waals surface area contributed by atoms with E-state index < -0.39 is 17.8 Å². The van der Waals surface area contributed by atoms with Crippen molar-refractivity contribution in [3.05, 3.63) is 28.2 Å². The third-order valence-electron chi connectivity index (χ3n) is 3.52. The number of nitrogens with one attached hydrogen (secondary N) is 1. The average molecular weight is 323 g/mol. The van der Waals surface area contributed by atoms with Gasteiger partial charge in [0.15, 0.2) is 0 Å². The number of hydrogen-bond donors (Lipinski definition) is 2. The minimum atomic E-state index is -1.21. The highest BCUT2D eigenvalue weighted by Crippen LogP contribution is 2.39. The number of thiophene rings is 1. The van der Waals surface area contributed by atoms with Crippen molar-refractivity contribution in [1.29, 1.82) is 0 Å². The lowest BCUT2D eigenvalue weighted by atomic mass is 9.88. The van der Waals surface area contributed by atoms with Crippen molar-refractivity contribution in [2.45, 2.75) is 26.2 Å². The van der Waals surface area contributed by atoms with Gasteiger partial charge in [-0.15, -0.1) is 11.3 Å². The number of carbonyl (C=O) groups is 3. The molecule has 0 radical (unpaired) electrons. The Morgan fingerprint density at radius 2 is 2.09 bits per heavy atom. The average Bonchev–Trinajstić information content (AvgIpc) is 2.81. The Bertz CT molecular complexity index is 647. The maximum Gasteiger partial charge on any atom is 0.341 e. The van der Waals surface area contributed by atoms with Gasteiger partial charge in [0.25, 0.3) is 0 Å². The fourth-order valence-electron chi connectivity index (χ4n) is 2.46. The molecule has 22 heavy (non-hydrogen) atoms. The van der Waals surface area contributed by atoms with Gasteiger partial charge in [-0.05, 0) is 30.7 Å². The normalized spacial score (nSPS) is 17.1. The molecule has 1 aliphatic rings. The second kappa shape index (κ2) is 6.74. The molecular weight excluding hydrogens is 306 g/mol. The molecule has 7 heteroatoms. The predicted molar refractivity (Wildman–Crippen MR) is 82.3 cm³/mol. The number of anilines is 1. The standard InChI is InChI=1S/C15H17NO5S/c1-8-3-4-9-10(7-8)22-14(13(9)15(20)21-2)16-11(17)5-6-12(18)19/h5-6,8H,3-4,7H2,1-2H3,(H,16,17)(H,18,19)/b6-5+/t8-/m0/s1. The summed E-state index contributed by atoms with van der Waals surface area (Å²) in [6.07, 6.45) is 4.30. The van der Waals surface area contributed by atoms with Crippen molar-refractivity contribution in [2.75, 3.05) is 12.4 Å². The number of methoxy groups -OCH3 is 1. The first-order chi connectivity index (χ1) is 10.4. The van der Waals surface area contributed by atoms with E-state index in [1.807, 2.05) is 0 Å². The van der Waals surface area contributed by atoms with Crippen LogP contribution in [0.5, 0.6) is 0 Å². The van der Waals surface area contributed by atoms with E-state index in [9.17, 15) is 14.4 Å². The molecule has 0 aromatic carbocycles. The van der Waals surface area contributed by atoms with E-state index in [0.29, 0.717) is 16.5 Å². The highest BCUT2D eigenvalue weighted by atomic mass is 32.1. The van der Waals surface area contributed by atoms with Crippen LogP contribution in [0.4, 0.5) is 5.00 Å². The molecule has 6 nitrogen and oxygen atoms in total. The van der Waals surface area contributed by atoms with E-state index in [-0.39, 0.29) is 0 Å². The molecule has 0 fully saturated rings. The van der Waals surface area contributed by atoms with Crippen molar-refractivity contribution in [3.63, 3.8) is 0 Å². The van der Waals surface area contributed by atoms with E-state index >= 15 is 0 Å². The number of aliphatic carboxylic acids is 1. The lowest BCUT2D eigenvalue weighted by Gasteiger charge is -2.18. The maximum atomic E-state index is 12.0. The molecule has 1 atom stereocenters. The number of carboxylic acids is 1. The number of rotatable bonds is 4. The minimum Gasteiger partial charge on any atom is -0.478 e. The number of carboxylic acid groups (broad SMARTS) is 1. The van der Waals surface area contributed by atoms with Gasteiger partial charge in [0, 0.05) is 17.0 Å². The van der Waals surface area contributed by atoms with E-state index in [2.05, 4.69) is 12.2 Å². The van der Waals surface area contributed by atoms with Crippen LogP contribution < -0.4 is 5.32 Å². The summed E-state index contributed by atoms with van der Waals surface area (Å²) >= 11 is 1.36. The first-order valence-electron chi connectivity index (χ1n) is 6.87. The fourth-order valence-corrected chi connectivity index (χ4v) is 3.86. The molecule has 2 N–H and O–H groups in total. The number of esters is 1. The topological polar surface area (TPSA) is 92.7 Å². The third kappa shape index (κ3) is 3.54. The van der Waals surface area contributed by atoms with Crippen molar-refractivity contribution in [2.24, 2.45) is 5.92 Å². The van der Waals surface area contributed by atoms with Crippen molar-refractivity contribution >= 4 is 34.2 Å². The van der Waals surface area contributed by atoms with Crippen LogP contribution >= 0.6 is 11.3 Å². The van der Waals surface area contributed by atoms with Crippen molar-refractivity contribution < 1.29 is 24.2 Å². The molecule has 0 unspecified atom stereocenters. The summed E-state index contributed by atoms with van der Waals surface area (Å²) in [4.78, 5) is 35.3. The van der Waals surface area contributed by atoms with E-state index in [4.69, 9.17) is 9.84 Å². The summed E-state index contributed by atoms with van der Waals surface area (Å²) in [5.74, 6) is -1.74. The molecular formula is C15H17NO5S. The molecule has 0 bridgehead atoms. The smallest absolute Gasteiger partial charge is 0.341 e. The summed E-state index contributed by atoms with van der Waals surface area (Å²) in [7, 11) is 1.30. The van der Waals surface area contributed by atoms with Crippen LogP contribution in [0.3, 0.4) is 0 Å². The summed E-state index contributed by atoms with van der Waals surface area (Å²) in [6.45, 7) is 2.15. The lowest BCUT2D eigenvalue weighted by molar-refractivity contribution is -0.131. The lowest BCUT2D eigenvalue weighted by Crippen LogP contribution is -2.15. The Morgan fingerprint density at radius 3 is 2.73 bits per heavy atom. The number of carbonyl (C=O) groups excluding carboxylic acids is 2. The molecule has 2 rings (SSSR count). The summed E-state index contributed by atoms with van der Waals surface area (Å²) in [5, 5.41) is 11.5. The zero-order chi connectivity index (χ0) is 16.3. The second-order valence-corrected chi connectivity index (χ2v) is 6.31. The molecule has 1 aliphatic carbocycles. The monoisotopic (exact) mass is 323 g/mol. The predicted octanol–water partition coefficient (Wildman–Crippen LogP) is 2.24. The quantitative estimate of drug-likeness (QED) is 0.655. The highest BCUT2D eigenvalue weighted by molar-refractivity contribution is 7.17. The van der Waals surface area contributed by atoms with Crippen LogP contribution in [0.1, 0.15) is 34.1 Å². The Balaban J connectivity index is 2.32. The molecule has 0 saturated carbocycles. The van der Waals surface area contributed by atoms with E-state index in [0.717, 1.165) is 41.9 Å². The van der Waals surface area contributed by atoms with Crippen molar-refractivity contribution in [3.8, 4) is 0 Å². The van der Waals surface area contributed by atoms with Gasteiger partial charge >= 0.3 is 11.9 Å². The zero-order valence-electron chi connectivity index (χ0n) is 12.3. The molecule has 1 heterocycles. The van der Waals surface area contributed by atoms with Gasteiger partial charge in [-0.25, -0.2) is 9.59 Å². The summed E-state index contributed by atoms with van der Waals surface area (Å²) in [5.41, 5.74) is 1.33. The summed E-state index contributed by atoms with van der Waals surface area (Å²) < 4.78 is 4.81. The van der Waals surface area contributed by atoms with Gasteiger partial charge in [-0.3, -0.25) is 4.79 Å². The Kier molecular flexibility index (Phi) is 4.97. The van der Waals surface area contributed by atoms with Gasteiger partial charge in [-0.2, -0.15) is 0 Å². The zero-order valence-corrected chi connectivity index (χ0v) is 13.2. The SMILES string of the molecule is COC(=O)c1c(NC(=O)/C=C/C(=O)O)sc2c1CC[C@H](C)C2. The maximum absolute atomic E-state index is 12.0. The van der Waals surface area contributed by atoms with Crippen LogP contribution in [-0.4, -0.2) is 30.1 Å². The number of ether oxygens (including phenoxy) is 1. The van der Waals surface area contributed by atoms with E-state index in [1.54, 1.807) is 0 Å². The minimum absolute atomic E-state index is 0.395. The summed E-state index contributed by atoms with van der Waals surface area (Å²) in [6, 6.07) is 0. The third-order valence-corrected chi connectivity index (χ3v) is 4.68. The first-order valence-corrected chi connectivity index (χ1v) is 7.68. The van der Waals surface area contributed by atoms with Gasteiger partial charge in [0.05, 0.1) is 12.7 Å².